The average Bonchev–Trinajstić information content (AvgIpc) is 2.93. The van der Waals surface area contributed by atoms with Gasteiger partial charge in [0.15, 0.2) is 0 Å². The second-order valence-corrected chi connectivity index (χ2v) is 5.14. The molecule has 22 heavy (non-hydrogen) atoms. The molecule has 1 unspecified atom stereocenters. The number of rotatable bonds is 5. The van der Waals surface area contributed by atoms with Crippen LogP contribution in [0.25, 0.3) is 0 Å². The number of pyridine rings is 1. The predicted octanol–water partition coefficient (Wildman–Crippen LogP) is 1.83. The zero-order chi connectivity index (χ0) is 16.2. The van der Waals surface area contributed by atoms with Crippen LogP contribution in [0.2, 0.25) is 0 Å². The molecule has 0 aromatic carbocycles. The highest BCUT2D eigenvalue weighted by Gasteiger charge is 2.31. The van der Waals surface area contributed by atoms with Crippen molar-refractivity contribution < 1.29 is 22.7 Å². The van der Waals surface area contributed by atoms with Gasteiger partial charge in [-0.05, 0) is 18.6 Å². The van der Waals surface area contributed by atoms with Crippen molar-refractivity contribution in [3.63, 3.8) is 0 Å². The van der Waals surface area contributed by atoms with E-state index in [0.717, 1.165) is 18.7 Å². The maximum absolute atomic E-state index is 12.5. The van der Waals surface area contributed by atoms with Gasteiger partial charge < -0.3 is 15.0 Å². The molecule has 2 heterocycles. The molecule has 122 valence electrons. The molecule has 2 rings (SSSR count). The van der Waals surface area contributed by atoms with E-state index in [1.807, 2.05) is 4.90 Å². The summed E-state index contributed by atoms with van der Waals surface area (Å²) in [6.45, 7) is 1.55. The Bertz CT molecular complexity index is 505. The van der Waals surface area contributed by atoms with Crippen molar-refractivity contribution in [1.82, 2.24) is 10.3 Å². The third kappa shape index (κ3) is 4.33. The van der Waals surface area contributed by atoms with Gasteiger partial charge in [-0.15, -0.1) is 0 Å². The van der Waals surface area contributed by atoms with Gasteiger partial charge >= 0.3 is 6.18 Å². The molecule has 5 nitrogen and oxygen atoms in total. The van der Waals surface area contributed by atoms with Gasteiger partial charge in [0.05, 0.1) is 12.2 Å². The number of amides is 1. The second-order valence-electron chi connectivity index (χ2n) is 5.14. The van der Waals surface area contributed by atoms with Gasteiger partial charge in [0.25, 0.3) is 0 Å². The first-order valence-electron chi connectivity index (χ1n) is 6.96. The molecule has 0 saturated carbocycles. The largest absolute Gasteiger partial charge is 0.417 e. The van der Waals surface area contributed by atoms with Crippen LogP contribution in [0, 0.1) is 0 Å². The summed E-state index contributed by atoms with van der Waals surface area (Å²) in [5.41, 5.74) is -0.764. The number of carbonyl (C=O) groups excluding carboxylic acids is 1. The van der Waals surface area contributed by atoms with Crippen LogP contribution in [-0.4, -0.2) is 43.7 Å². The average molecular weight is 317 g/mol. The number of aromatic nitrogens is 1. The molecule has 8 heteroatoms. The first-order valence-corrected chi connectivity index (χ1v) is 6.96. The first kappa shape index (κ1) is 16.5. The highest BCUT2D eigenvalue weighted by Crippen LogP contribution is 2.29. The molecule has 1 amide bonds. The molecule has 1 fully saturated rings. The first-order chi connectivity index (χ1) is 10.4. The van der Waals surface area contributed by atoms with Crippen LogP contribution in [-0.2, 0) is 15.7 Å². The fourth-order valence-electron chi connectivity index (χ4n) is 2.32. The van der Waals surface area contributed by atoms with Crippen LogP contribution >= 0.6 is 0 Å². The van der Waals surface area contributed by atoms with Gasteiger partial charge in [-0.2, -0.15) is 13.2 Å². The van der Waals surface area contributed by atoms with Gasteiger partial charge in [-0.1, -0.05) is 0 Å². The number of hydrogen-bond donors (Lipinski definition) is 1. The standard InChI is InChI=1S/C14H18F3N3O2/c1-22-7-5-13(21)19-11-4-6-20(9-11)12-3-2-10(8-18-12)14(15,16)17/h2-3,8,11H,4-7,9H2,1H3,(H,19,21). The smallest absolute Gasteiger partial charge is 0.384 e. The summed E-state index contributed by atoms with van der Waals surface area (Å²) in [4.78, 5) is 17.3. The third-order valence-electron chi connectivity index (χ3n) is 3.49. The quantitative estimate of drug-likeness (QED) is 0.900. The lowest BCUT2D eigenvalue weighted by molar-refractivity contribution is -0.137. The normalized spacial score (nSPS) is 18.5. The van der Waals surface area contributed by atoms with Gasteiger partial charge in [-0.3, -0.25) is 4.79 Å². The SMILES string of the molecule is COCCC(=O)NC1CCN(c2ccc(C(F)(F)F)cn2)C1. The Labute approximate surface area is 126 Å². The van der Waals surface area contributed by atoms with E-state index in [1.54, 1.807) is 0 Å². The maximum atomic E-state index is 12.5. The molecule has 1 aliphatic heterocycles. The number of carbonyl (C=O) groups is 1. The molecule has 1 aliphatic rings. The Morgan fingerprint density at radius 1 is 1.50 bits per heavy atom. The molecule has 1 atom stereocenters. The Morgan fingerprint density at radius 2 is 2.27 bits per heavy atom. The minimum atomic E-state index is -4.38. The summed E-state index contributed by atoms with van der Waals surface area (Å²) < 4.78 is 42.3. The topological polar surface area (TPSA) is 54.5 Å². The summed E-state index contributed by atoms with van der Waals surface area (Å²) >= 11 is 0. The number of ether oxygens (including phenoxy) is 1. The van der Waals surface area contributed by atoms with E-state index in [0.29, 0.717) is 31.9 Å². The van der Waals surface area contributed by atoms with Gasteiger partial charge in [-0.25, -0.2) is 4.98 Å². The highest BCUT2D eigenvalue weighted by atomic mass is 19.4. The van der Waals surface area contributed by atoms with E-state index in [9.17, 15) is 18.0 Å². The third-order valence-corrected chi connectivity index (χ3v) is 3.49. The Balaban J connectivity index is 1.89. The zero-order valence-electron chi connectivity index (χ0n) is 12.2. The fraction of sp³-hybridized carbons (Fsp3) is 0.571. The number of anilines is 1. The highest BCUT2D eigenvalue weighted by molar-refractivity contribution is 5.76. The minimum absolute atomic E-state index is 0.0200. The summed E-state index contributed by atoms with van der Waals surface area (Å²) in [6.07, 6.45) is -2.51. The van der Waals surface area contributed by atoms with Crippen molar-refractivity contribution in [2.45, 2.75) is 25.1 Å². The molecule has 0 aliphatic carbocycles. The molecular weight excluding hydrogens is 299 g/mol. The Hall–Kier alpha value is -1.83. The van der Waals surface area contributed by atoms with Gasteiger partial charge in [0, 0.05) is 38.9 Å². The van der Waals surface area contributed by atoms with Crippen LogP contribution < -0.4 is 10.2 Å². The Kier molecular flexibility index (Phi) is 5.23. The maximum Gasteiger partial charge on any atom is 0.417 e. The van der Waals surface area contributed by atoms with Crippen LogP contribution in [0.1, 0.15) is 18.4 Å². The lowest BCUT2D eigenvalue weighted by Crippen LogP contribution is -2.37. The van der Waals surface area contributed by atoms with Crippen LogP contribution in [0.15, 0.2) is 18.3 Å². The van der Waals surface area contributed by atoms with E-state index >= 15 is 0 Å². The van der Waals surface area contributed by atoms with Crippen molar-refractivity contribution in [1.29, 1.82) is 0 Å². The number of nitrogens with one attached hydrogen (secondary N) is 1. The van der Waals surface area contributed by atoms with E-state index in [-0.39, 0.29) is 11.9 Å². The lowest BCUT2D eigenvalue weighted by Gasteiger charge is -2.18. The van der Waals surface area contributed by atoms with Crippen LogP contribution in [0.3, 0.4) is 0 Å². The molecule has 1 saturated heterocycles. The molecule has 1 aromatic heterocycles. The van der Waals surface area contributed by atoms with Crippen molar-refractivity contribution >= 4 is 11.7 Å². The number of halogens is 3. The van der Waals surface area contributed by atoms with Crippen LogP contribution in [0.4, 0.5) is 19.0 Å². The van der Waals surface area contributed by atoms with Crippen molar-refractivity contribution in [2.75, 3.05) is 31.7 Å². The molecule has 1 N–H and O–H groups in total. The van der Waals surface area contributed by atoms with Gasteiger partial charge in [0.1, 0.15) is 5.82 Å². The van der Waals surface area contributed by atoms with E-state index in [4.69, 9.17) is 4.74 Å². The van der Waals surface area contributed by atoms with Gasteiger partial charge in [0.2, 0.25) is 5.91 Å². The van der Waals surface area contributed by atoms with Crippen molar-refractivity contribution in [2.24, 2.45) is 0 Å². The summed E-state index contributed by atoms with van der Waals surface area (Å²) in [6, 6.07) is 2.36. The van der Waals surface area contributed by atoms with Crippen LogP contribution in [0.5, 0.6) is 0 Å². The molecule has 1 aromatic rings. The number of methoxy groups -OCH3 is 1. The summed E-state index contributed by atoms with van der Waals surface area (Å²) in [7, 11) is 1.53. The molecule has 0 radical (unpaired) electrons. The van der Waals surface area contributed by atoms with Crippen molar-refractivity contribution in [3.05, 3.63) is 23.9 Å². The summed E-state index contributed by atoms with van der Waals surface area (Å²) in [5.74, 6) is 0.399. The lowest BCUT2D eigenvalue weighted by atomic mass is 10.2. The minimum Gasteiger partial charge on any atom is -0.384 e. The zero-order valence-corrected chi connectivity index (χ0v) is 12.2. The fourth-order valence-corrected chi connectivity index (χ4v) is 2.32. The number of hydrogen-bond acceptors (Lipinski definition) is 4. The van der Waals surface area contributed by atoms with E-state index < -0.39 is 11.7 Å². The van der Waals surface area contributed by atoms with E-state index in [1.165, 1.54) is 13.2 Å². The van der Waals surface area contributed by atoms with Crippen molar-refractivity contribution in [3.8, 4) is 0 Å². The predicted molar refractivity (Wildman–Crippen MR) is 74.5 cm³/mol. The second kappa shape index (κ2) is 6.95. The number of nitrogens with zero attached hydrogens (tertiary/aromatic N) is 2. The molecular formula is C14H18F3N3O2. The summed E-state index contributed by atoms with van der Waals surface area (Å²) in [5, 5.41) is 2.88. The van der Waals surface area contributed by atoms with E-state index in [2.05, 4.69) is 10.3 Å². The molecule has 0 bridgehead atoms. The monoisotopic (exact) mass is 317 g/mol. The number of alkyl halides is 3. The molecule has 0 spiro atoms. The Morgan fingerprint density at radius 3 is 2.86 bits per heavy atom.